The summed E-state index contributed by atoms with van der Waals surface area (Å²) in [6.45, 7) is 0.750. The first-order valence-electron chi connectivity index (χ1n) is 3.48. The predicted molar refractivity (Wildman–Crippen MR) is 40.2 cm³/mol. The van der Waals surface area contributed by atoms with E-state index < -0.39 is 0 Å². The molecule has 0 amide bonds. The topological polar surface area (TPSA) is 64.4 Å². The van der Waals surface area contributed by atoms with Crippen molar-refractivity contribution in [1.29, 1.82) is 0 Å². The minimum absolute atomic E-state index is 0.196. The third-order valence-electron chi connectivity index (χ3n) is 1.31. The fourth-order valence-corrected chi connectivity index (χ4v) is 0.695. The minimum Gasteiger partial charge on any atom is -0.468 e. The molecule has 1 N–H and O–H groups in total. The number of nitrogens with one attached hydrogen (secondary N) is 1. The number of esters is 1. The van der Waals surface area contributed by atoms with Crippen LogP contribution in [0.15, 0.2) is 17.0 Å². The van der Waals surface area contributed by atoms with Gasteiger partial charge in [-0.05, 0) is 0 Å². The van der Waals surface area contributed by atoms with Crippen molar-refractivity contribution < 1.29 is 14.1 Å². The molecule has 0 unspecified atom stereocenters. The van der Waals surface area contributed by atoms with E-state index in [0.29, 0.717) is 6.54 Å². The largest absolute Gasteiger partial charge is 0.468 e. The molecule has 1 rings (SSSR count). The van der Waals surface area contributed by atoms with Crippen LogP contribution in [0.3, 0.4) is 0 Å². The maximum absolute atomic E-state index is 10.6. The Labute approximate surface area is 69.7 Å². The standard InChI is InChI=1S/C7H10N2O3/c1-11-7(10)4-8-2-6-3-9-12-5-6/h3,5,8H,2,4H2,1H3. The molecule has 0 aliphatic carbocycles. The summed E-state index contributed by atoms with van der Waals surface area (Å²) in [5.74, 6) is -0.286. The first-order chi connectivity index (χ1) is 5.83. The van der Waals surface area contributed by atoms with Crippen molar-refractivity contribution in [3.8, 4) is 0 Å². The average molecular weight is 170 g/mol. The van der Waals surface area contributed by atoms with Gasteiger partial charge in [0.15, 0.2) is 0 Å². The molecular weight excluding hydrogens is 160 g/mol. The zero-order valence-electron chi connectivity index (χ0n) is 6.74. The van der Waals surface area contributed by atoms with E-state index in [1.807, 2.05) is 0 Å². The van der Waals surface area contributed by atoms with Crippen molar-refractivity contribution >= 4 is 5.97 Å². The van der Waals surface area contributed by atoms with Gasteiger partial charge in [0.25, 0.3) is 0 Å². The summed E-state index contributed by atoms with van der Waals surface area (Å²) in [5, 5.41) is 6.37. The van der Waals surface area contributed by atoms with E-state index in [1.165, 1.54) is 13.4 Å². The molecule has 0 atom stereocenters. The third kappa shape index (κ3) is 2.71. The molecule has 66 valence electrons. The first-order valence-corrected chi connectivity index (χ1v) is 3.48. The van der Waals surface area contributed by atoms with Crippen molar-refractivity contribution in [2.75, 3.05) is 13.7 Å². The lowest BCUT2D eigenvalue weighted by Crippen LogP contribution is -2.23. The molecule has 0 radical (unpaired) electrons. The number of nitrogens with zero attached hydrogens (tertiary/aromatic N) is 1. The van der Waals surface area contributed by atoms with Crippen LogP contribution in [0.5, 0.6) is 0 Å². The second kappa shape index (κ2) is 4.50. The van der Waals surface area contributed by atoms with Gasteiger partial charge in [-0.15, -0.1) is 0 Å². The first kappa shape index (κ1) is 8.73. The average Bonchev–Trinajstić information content (AvgIpc) is 2.57. The van der Waals surface area contributed by atoms with Gasteiger partial charge >= 0.3 is 5.97 Å². The van der Waals surface area contributed by atoms with Gasteiger partial charge in [-0.3, -0.25) is 4.79 Å². The lowest BCUT2D eigenvalue weighted by atomic mass is 10.4. The third-order valence-corrected chi connectivity index (χ3v) is 1.31. The van der Waals surface area contributed by atoms with Crippen LogP contribution >= 0.6 is 0 Å². The van der Waals surface area contributed by atoms with Gasteiger partial charge in [0.2, 0.25) is 0 Å². The molecule has 0 bridgehead atoms. The molecule has 1 aromatic heterocycles. The van der Waals surface area contributed by atoms with E-state index >= 15 is 0 Å². The van der Waals surface area contributed by atoms with Gasteiger partial charge < -0.3 is 14.6 Å². The maximum atomic E-state index is 10.6. The normalized spacial score (nSPS) is 9.75. The highest BCUT2D eigenvalue weighted by Gasteiger charge is 1.99. The molecule has 0 spiro atoms. The Morgan fingerprint density at radius 2 is 2.67 bits per heavy atom. The molecule has 0 fully saturated rings. The molecule has 0 saturated carbocycles. The van der Waals surface area contributed by atoms with Gasteiger partial charge in [-0.2, -0.15) is 0 Å². The van der Waals surface area contributed by atoms with Crippen LogP contribution in [0.25, 0.3) is 0 Å². The fourth-order valence-electron chi connectivity index (χ4n) is 0.695. The van der Waals surface area contributed by atoms with Crippen molar-refractivity contribution in [2.45, 2.75) is 6.54 Å². The quantitative estimate of drug-likeness (QED) is 0.641. The number of methoxy groups -OCH3 is 1. The summed E-state index contributed by atoms with van der Waals surface area (Å²) in [6, 6.07) is 0. The van der Waals surface area contributed by atoms with Crippen LogP contribution in [0.2, 0.25) is 0 Å². The van der Waals surface area contributed by atoms with E-state index in [2.05, 4.69) is 19.7 Å². The Balaban J connectivity index is 2.15. The Morgan fingerprint density at radius 1 is 1.83 bits per heavy atom. The number of rotatable bonds is 4. The van der Waals surface area contributed by atoms with Gasteiger partial charge in [-0.1, -0.05) is 5.16 Å². The highest BCUT2D eigenvalue weighted by atomic mass is 16.5. The van der Waals surface area contributed by atoms with Gasteiger partial charge in [0, 0.05) is 12.1 Å². The summed E-state index contributed by atoms with van der Waals surface area (Å²) >= 11 is 0. The fraction of sp³-hybridized carbons (Fsp3) is 0.429. The number of carbonyl (C=O) groups excluding carboxylic acids is 1. The molecule has 1 aromatic rings. The predicted octanol–water partition coefficient (Wildman–Crippen LogP) is -0.0628. The molecule has 12 heavy (non-hydrogen) atoms. The molecule has 0 aliphatic rings. The van der Waals surface area contributed by atoms with E-state index in [9.17, 15) is 4.79 Å². The number of carbonyl (C=O) groups is 1. The molecule has 1 heterocycles. The summed E-state index contributed by atoms with van der Waals surface area (Å²) in [6.07, 6.45) is 3.11. The number of hydrogen-bond donors (Lipinski definition) is 1. The summed E-state index contributed by atoms with van der Waals surface area (Å²) in [4.78, 5) is 10.6. The van der Waals surface area contributed by atoms with Crippen molar-refractivity contribution in [3.05, 3.63) is 18.0 Å². The van der Waals surface area contributed by atoms with Crippen LogP contribution in [-0.2, 0) is 16.1 Å². The SMILES string of the molecule is COC(=O)CNCc1cnoc1. The summed E-state index contributed by atoms with van der Waals surface area (Å²) in [7, 11) is 1.35. The second-order valence-electron chi connectivity index (χ2n) is 2.21. The molecule has 0 saturated heterocycles. The van der Waals surface area contributed by atoms with E-state index in [4.69, 9.17) is 0 Å². The van der Waals surface area contributed by atoms with Gasteiger partial charge in [0.05, 0.1) is 19.9 Å². The Kier molecular flexibility index (Phi) is 3.28. The highest BCUT2D eigenvalue weighted by Crippen LogP contribution is 1.93. The second-order valence-corrected chi connectivity index (χ2v) is 2.21. The molecule has 0 aromatic carbocycles. The van der Waals surface area contributed by atoms with E-state index in [1.54, 1.807) is 6.20 Å². The molecule has 5 nitrogen and oxygen atoms in total. The highest BCUT2D eigenvalue weighted by molar-refractivity contribution is 5.71. The number of aromatic nitrogens is 1. The molecule has 0 aliphatic heterocycles. The lowest BCUT2D eigenvalue weighted by molar-refractivity contribution is -0.139. The van der Waals surface area contributed by atoms with Crippen LogP contribution < -0.4 is 5.32 Å². The Morgan fingerprint density at radius 3 is 3.25 bits per heavy atom. The smallest absolute Gasteiger partial charge is 0.319 e. The zero-order chi connectivity index (χ0) is 8.81. The zero-order valence-corrected chi connectivity index (χ0v) is 6.74. The van der Waals surface area contributed by atoms with E-state index in [-0.39, 0.29) is 12.5 Å². The minimum atomic E-state index is -0.286. The molecular formula is C7H10N2O3. The van der Waals surface area contributed by atoms with Crippen LogP contribution in [-0.4, -0.2) is 24.8 Å². The van der Waals surface area contributed by atoms with E-state index in [0.717, 1.165) is 5.56 Å². The van der Waals surface area contributed by atoms with Gasteiger partial charge in [-0.25, -0.2) is 0 Å². The number of hydrogen-bond acceptors (Lipinski definition) is 5. The van der Waals surface area contributed by atoms with Crippen molar-refractivity contribution in [2.24, 2.45) is 0 Å². The Bertz CT molecular complexity index is 233. The van der Waals surface area contributed by atoms with Crippen molar-refractivity contribution in [3.63, 3.8) is 0 Å². The Hall–Kier alpha value is -1.36. The van der Waals surface area contributed by atoms with Crippen LogP contribution in [0.1, 0.15) is 5.56 Å². The maximum Gasteiger partial charge on any atom is 0.319 e. The number of ether oxygens (including phenoxy) is 1. The summed E-state index contributed by atoms with van der Waals surface area (Å²) < 4.78 is 9.02. The van der Waals surface area contributed by atoms with Crippen LogP contribution in [0, 0.1) is 0 Å². The molecule has 5 heteroatoms. The van der Waals surface area contributed by atoms with Crippen LogP contribution in [0.4, 0.5) is 0 Å². The van der Waals surface area contributed by atoms with Gasteiger partial charge in [0.1, 0.15) is 6.26 Å². The summed E-state index contributed by atoms with van der Waals surface area (Å²) in [5.41, 5.74) is 0.902. The monoisotopic (exact) mass is 170 g/mol. The van der Waals surface area contributed by atoms with Crippen molar-refractivity contribution in [1.82, 2.24) is 10.5 Å². The lowest BCUT2D eigenvalue weighted by Gasteiger charge is -1.99.